The van der Waals surface area contributed by atoms with Crippen LogP contribution in [0, 0.1) is 5.92 Å². The summed E-state index contributed by atoms with van der Waals surface area (Å²) in [4.78, 5) is 14.5. The molecule has 0 spiro atoms. The maximum Gasteiger partial charge on any atom is 0.234 e. The lowest BCUT2D eigenvalue weighted by Gasteiger charge is -2.37. The number of halogens is 1. The normalized spacial score (nSPS) is 31.8. The molecule has 1 atom stereocenters. The van der Waals surface area contributed by atoms with E-state index in [0.29, 0.717) is 6.42 Å². The van der Waals surface area contributed by atoms with Gasteiger partial charge >= 0.3 is 0 Å². The molecule has 1 aromatic rings. The quantitative estimate of drug-likeness (QED) is 0.925. The van der Waals surface area contributed by atoms with Gasteiger partial charge in [-0.05, 0) is 50.7 Å². The van der Waals surface area contributed by atoms with Crippen molar-refractivity contribution in [2.24, 2.45) is 5.92 Å². The van der Waals surface area contributed by atoms with Gasteiger partial charge in [-0.3, -0.25) is 4.79 Å². The first-order chi connectivity index (χ1) is 10.5. The van der Waals surface area contributed by atoms with E-state index in [1.807, 2.05) is 48.4 Å². The number of aliphatic hydroxyl groups is 1. The van der Waals surface area contributed by atoms with E-state index in [1.54, 1.807) is 0 Å². The number of hydrogen-bond acceptors (Lipinski definition) is 2. The van der Waals surface area contributed by atoms with Gasteiger partial charge < -0.3 is 10.0 Å². The van der Waals surface area contributed by atoms with Gasteiger partial charge in [-0.25, -0.2) is 0 Å². The third-order valence-corrected chi connectivity index (χ3v) is 5.24. The van der Waals surface area contributed by atoms with E-state index in [2.05, 4.69) is 0 Å². The molecular weight excluding hydrogens is 298 g/mol. The summed E-state index contributed by atoms with van der Waals surface area (Å²) in [6, 6.07) is 7.91. The summed E-state index contributed by atoms with van der Waals surface area (Å²) in [5.41, 5.74) is 0.445. The maximum absolute atomic E-state index is 12.6. The van der Waals surface area contributed by atoms with Crippen LogP contribution in [0.4, 0.5) is 0 Å². The van der Waals surface area contributed by atoms with Gasteiger partial charge in [0, 0.05) is 17.3 Å². The molecule has 22 heavy (non-hydrogen) atoms. The molecule has 1 unspecified atom stereocenters. The number of nitrogens with zero attached hydrogens (tertiary/aromatic N) is 1. The predicted molar refractivity (Wildman–Crippen MR) is 87.5 cm³/mol. The van der Waals surface area contributed by atoms with E-state index < -0.39 is 5.60 Å². The smallest absolute Gasteiger partial charge is 0.234 e. The Hall–Kier alpha value is -1.32. The Morgan fingerprint density at radius 3 is 2.68 bits per heavy atom. The number of amides is 1. The van der Waals surface area contributed by atoms with Crippen LogP contribution >= 0.6 is 11.6 Å². The lowest BCUT2D eigenvalue weighted by Crippen LogP contribution is -2.42. The van der Waals surface area contributed by atoms with Crippen LogP contribution in [0.5, 0.6) is 0 Å². The summed E-state index contributed by atoms with van der Waals surface area (Å²) in [5, 5.41) is 10.8. The minimum absolute atomic E-state index is 0.123. The largest absolute Gasteiger partial charge is 0.390 e. The minimum atomic E-state index is -0.569. The molecule has 0 bridgehead atoms. The summed E-state index contributed by atoms with van der Waals surface area (Å²) in [5.74, 6) is 0.0359. The lowest BCUT2D eigenvalue weighted by atomic mass is 9.83. The minimum Gasteiger partial charge on any atom is -0.390 e. The molecule has 0 aromatic heterocycles. The molecule has 1 amide bonds. The molecule has 118 valence electrons. The number of carbonyl (C=O) groups is 1. The zero-order valence-electron chi connectivity index (χ0n) is 12.8. The van der Waals surface area contributed by atoms with Crippen molar-refractivity contribution in [3.63, 3.8) is 0 Å². The Morgan fingerprint density at radius 1 is 1.32 bits per heavy atom. The van der Waals surface area contributed by atoms with Gasteiger partial charge in [0.15, 0.2) is 0 Å². The summed E-state index contributed by atoms with van der Waals surface area (Å²) in [6.45, 7) is 1.88. The third kappa shape index (κ3) is 3.21. The molecule has 1 fully saturated rings. The first-order valence-electron chi connectivity index (χ1n) is 7.92. The van der Waals surface area contributed by atoms with Gasteiger partial charge in [0.1, 0.15) is 0 Å². The van der Waals surface area contributed by atoms with E-state index >= 15 is 0 Å². The van der Waals surface area contributed by atoms with Crippen LogP contribution < -0.4 is 0 Å². The Kier molecular flexibility index (Phi) is 4.28. The summed E-state index contributed by atoms with van der Waals surface area (Å²) in [7, 11) is 0. The highest BCUT2D eigenvalue weighted by Gasteiger charge is 2.36. The van der Waals surface area contributed by atoms with E-state index in [-0.39, 0.29) is 17.9 Å². The number of carbonyl (C=O) groups excluding carboxylic acids is 1. The molecular formula is C18H22ClNO2. The molecule has 0 saturated heterocycles. The molecule has 4 heteroatoms. The topological polar surface area (TPSA) is 40.5 Å². The molecule has 1 saturated carbocycles. The summed E-state index contributed by atoms with van der Waals surface area (Å²) in [6.07, 6.45) is 7.79. The van der Waals surface area contributed by atoms with Crippen molar-refractivity contribution >= 4 is 17.5 Å². The van der Waals surface area contributed by atoms with Crippen LogP contribution in [0.2, 0.25) is 5.02 Å². The predicted octanol–water partition coefficient (Wildman–Crippen LogP) is 3.55. The SMILES string of the molecule is CC1(O)CCC(N2C=CC(Cc3ccccc3Cl)C2=O)CC1. The fraction of sp³-hybridized carbons (Fsp3) is 0.500. The maximum atomic E-state index is 12.6. The highest BCUT2D eigenvalue weighted by molar-refractivity contribution is 6.31. The van der Waals surface area contributed by atoms with Crippen molar-refractivity contribution in [3.05, 3.63) is 47.1 Å². The van der Waals surface area contributed by atoms with E-state index in [4.69, 9.17) is 11.6 Å². The van der Waals surface area contributed by atoms with Crippen LogP contribution in [0.15, 0.2) is 36.5 Å². The van der Waals surface area contributed by atoms with Crippen molar-refractivity contribution in [3.8, 4) is 0 Å². The fourth-order valence-electron chi connectivity index (χ4n) is 3.40. The number of benzene rings is 1. The lowest BCUT2D eigenvalue weighted by molar-refractivity contribution is -0.133. The van der Waals surface area contributed by atoms with Crippen molar-refractivity contribution in [2.45, 2.75) is 50.7 Å². The van der Waals surface area contributed by atoms with E-state index in [9.17, 15) is 9.90 Å². The van der Waals surface area contributed by atoms with Crippen molar-refractivity contribution in [1.82, 2.24) is 4.90 Å². The molecule has 1 N–H and O–H groups in total. The van der Waals surface area contributed by atoms with Crippen LogP contribution in [0.25, 0.3) is 0 Å². The van der Waals surface area contributed by atoms with Gasteiger partial charge in [-0.2, -0.15) is 0 Å². The van der Waals surface area contributed by atoms with Gasteiger partial charge in [-0.1, -0.05) is 35.9 Å². The second kappa shape index (κ2) is 6.05. The second-order valence-corrected chi connectivity index (χ2v) is 7.12. The van der Waals surface area contributed by atoms with Crippen LogP contribution in [0.1, 0.15) is 38.2 Å². The van der Waals surface area contributed by atoms with Crippen LogP contribution in [-0.4, -0.2) is 27.6 Å². The average Bonchev–Trinajstić information content (AvgIpc) is 2.83. The van der Waals surface area contributed by atoms with Crippen LogP contribution in [-0.2, 0) is 11.2 Å². The number of rotatable bonds is 3. The zero-order valence-corrected chi connectivity index (χ0v) is 13.6. The molecule has 2 aliphatic rings. The van der Waals surface area contributed by atoms with Gasteiger partial charge in [0.05, 0.1) is 11.5 Å². The average molecular weight is 320 g/mol. The first kappa shape index (κ1) is 15.6. The number of hydrogen-bond donors (Lipinski definition) is 1. The zero-order chi connectivity index (χ0) is 15.7. The standard InChI is InChI=1S/C18H22ClNO2/c1-18(22)9-6-15(7-10-18)20-11-8-14(17(20)21)12-13-4-2-3-5-16(13)19/h2-5,8,11,14-15,22H,6-7,9-10,12H2,1H3. The van der Waals surface area contributed by atoms with E-state index in [0.717, 1.165) is 36.3 Å². The van der Waals surface area contributed by atoms with Crippen molar-refractivity contribution in [1.29, 1.82) is 0 Å². The molecule has 1 aliphatic carbocycles. The molecule has 3 rings (SSSR count). The Labute approximate surface area is 136 Å². The molecule has 3 nitrogen and oxygen atoms in total. The van der Waals surface area contributed by atoms with Crippen molar-refractivity contribution < 1.29 is 9.90 Å². The van der Waals surface area contributed by atoms with Gasteiger partial charge in [0.25, 0.3) is 0 Å². The third-order valence-electron chi connectivity index (χ3n) is 4.87. The highest BCUT2D eigenvalue weighted by Crippen LogP contribution is 2.33. The van der Waals surface area contributed by atoms with Gasteiger partial charge in [-0.15, -0.1) is 0 Å². The molecule has 1 heterocycles. The fourth-order valence-corrected chi connectivity index (χ4v) is 3.62. The Balaban J connectivity index is 1.64. The summed E-state index contributed by atoms with van der Waals surface area (Å²) < 4.78 is 0. The van der Waals surface area contributed by atoms with Crippen LogP contribution in [0.3, 0.4) is 0 Å². The molecule has 1 aliphatic heterocycles. The highest BCUT2D eigenvalue weighted by atomic mass is 35.5. The van der Waals surface area contributed by atoms with Gasteiger partial charge in [0.2, 0.25) is 5.91 Å². The van der Waals surface area contributed by atoms with E-state index in [1.165, 1.54) is 0 Å². The Morgan fingerprint density at radius 2 is 2.00 bits per heavy atom. The monoisotopic (exact) mass is 319 g/mol. The molecule has 0 radical (unpaired) electrons. The molecule has 1 aromatic carbocycles. The first-order valence-corrected chi connectivity index (χ1v) is 8.30. The van der Waals surface area contributed by atoms with Crippen molar-refractivity contribution in [2.75, 3.05) is 0 Å². The summed E-state index contributed by atoms with van der Waals surface area (Å²) >= 11 is 6.19. The Bertz CT molecular complexity index is 587. The second-order valence-electron chi connectivity index (χ2n) is 6.72.